The predicted molar refractivity (Wildman–Crippen MR) is 96.6 cm³/mol. The van der Waals surface area contributed by atoms with E-state index in [4.69, 9.17) is 9.47 Å². The van der Waals surface area contributed by atoms with Crippen LogP contribution in [0.15, 0.2) is 35.2 Å². The number of nitrogens with zero attached hydrogens (tertiary/aromatic N) is 1. The molecule has 0 aromatic heterocycles. The summed E-state index contributed by atoms with van der Waals surface area (Å²) in [5.74, 6) is 0.775. The van der Waals surface area contributed by atoms with Gasteiger partial charge < -0.3 is 9.47 Å². The number of rotatable bonds is 4. The Balaban J connectivity index is 2.01. The van der Waals surface area contributed by atoms with Gasteiger partial charge in [-0.25, -0.2) is 12.8 Å². The lowest BCUT2D eigenvalue weighted by Gasteiger charge is -2.34. The van der Waals surface area contributed by atoms with Crippen molar-refractivity contribution in [2.75, 3.05) is 14.2 Å². The summed E-state index contributed by atoms with van der Waals surface area (Å²) in [6.45, 7) is 3.66. The average Bonchev–Trinajstić information content (AvgIpc) is 2.62. The zero-order chi connectivity index (χ0) is 19.1. The molecule has 0 saturated heterocycles. The first-order valence-electron chi connectivity index (χ1n) is 8.29. The van der Waals surface area contributed by atoms with Crippen molar-refractivity contribution in [1.29, 1.82) is 0 Å². The van der Waals surface area contributed by atoms with E-state index in [2.05, 4.69) is 0 Å². The van der Waals surface area contributed by atoms with Crippen LogP contribution in [0.5, 0.6) is 11.5 Å². The molecule has 7 heteroatoms. The Morgan fingerprint density at radius 2 is 1.69 bits per heavy atom. The molecule has 26 heavy (non-hydrogen) atoms. The second-order valence-electron chi connectivity index (χ2n) is 6.49. The second-order valence-corrected chi connectivity index (χ2v) is 8.38. The number of halogens is 1. The van der Waals surface area contributed by atoms with Gasteiger partial charge in [0.25, 0.3) is 0 Å². The van der Waals surface area contributed by atoms with E-state index in [0.717, 1.165) is 11.1 Å². The number of benzene rings is 2. The molecule has 3 rings (SSSR count). The Morgan fingerprint density at radius 1 is 1.08 bits per heavy atom. The van der Waals surface area contributed by atoms with E-state index < -0.39 is 15.8 Å². The maximum absolute atomic E-state index is 13.5. The van der Waals surface area contributed by atoms with Gasteiger partial charge in [0.05, 0.1) is 19.1 Å². The Kier molecular flexibility index (Phi) is 4.94. The zero-order valence-corrected chi connectivity index (χ0v) is 16.1. The fourth-order valence-electron chi connectivity index (χ4n) is 3.28. The van der Waals surface area contributed by atoms with Crippen LogP contribution in [0.3, 0.4) is 0 Å². The van der Waals surface area contributed by atoms with Gasteiger partial charge in [0.15, 0.2) is 11.5 Å². The highest BCUT2D eigenvalue weighted by molar-refractivity contribution is 7.89. The lowest BCUT2D eigenvalue weighted by Crippen LogP contribution is -2.42. The van der Waals surface area contributed by atoms with Crippen LogP contribution in [0.1, 0.15) is 23.6 Å². The molecule has 1 heterocycles. The molecule has 5 nitrogen and oxygen atoms in total. The number of hydrogen-bond acceptors (Lipinski definition) is 4. The quantitative estimate of drug-likeness (QED) is 0.818. The van der Waals surface area contributed by atoms with Gasteiger partial charge in [-0.3, -0.25) is 0 Å². The summed E-state index contributed by atoms with van der Waals surface area (Å²) in [5, 5.41) is 0. The molecule has 2 aromatic rings. The van der Waals surface area contributed by atoms with Crippen LogP contribution in [0.4, 0.5) is 4.39 Å². The molecule has 0 amide bonds. The van der Waals surface area contributed by atoms with Crippen LogP contribution in [0.25, 0.3) is 0 Å². The van der Waals surface area contributed by atoms with E-state index in [9.17, 15) is 12.8 Å². The third kappa shape index (κ3) is 3.17. The lowest BCUT2D eigenvalue weighted by molar-refractivity contribution is 0.305. The summed E-state index contributed by atoms with van der Waals surface area (Å²) in [4.78, 5) is 0.104. The Hall–Kier alpha value is -2.12. The second kappa shape index (κ2) is 6.89. The number of ether oxygens (including phenoxy) is 2. The summed E-state index contributed by atoms with van der Waals surface area (Å²) in [5.41, 5.74) is 2.22. The zero-order valence-electron chi connectivity index (χ0n) is 15.2. The molecule has 1 aliphatic heterocycles. The van der Waals surface area contributed by atoms with Crippen LogP contribution >= 0.6 is 0 Å². The van der Waals surface area contributed by atoms with Crippen molar-refractivity contribution in [3.05, 3.63) is 52.8 Å². The summed E-state index contributed by atoms with van der Waals surface area (Å²) in [6.07, 6.45) is 0.565. The van der Waals surface area contributed by atoms with Crippen molar-refractivity contribution in [3.63, 3.8) is 0 Å². The Morgan fingerprint density at radius 3 is 2.27 bits per heavy atom. The maximum Gasteiger partial charge on any atom is 0.243 e. The van der Waals surface area contributed by atoms with Crippen molar-refractivity contribution < 1.29 is 22.3 Å². The molecular weight excluding hydrogens is 357 g/mol. The summed E-state index contributed by atoms with van der Waals surface area (Å²) in [6, 6.07) is 7.38. The van der Waals surface area contributed by atoms with E-state index in [-0.39, 0.29) is 17.5 Å². The highest BCUT2D eigenvalue weighted by atomic mass is 32.2. The fraction of sp³-hybridized carbons (Fsp3) is 0.368. The summed E-state index contributed by atoms with van der Waals surface area (Å²) >= 11 is 0. The predicted octanol–water partition coefficient (Wildman–Crippen LogP) is 3.29. The normalized spacial score (nSPS) is 17.7. The van der Waals surface area contributed by atoms with Crippen LogP contribution in [0.2, 0.25) is 0 Å². The first-order valence-corrected chi connectivity index (χ1v) is 9.73. The third-order valence-corrected chi connectivity index (χ3v) is 6.73. The van der Waals surface area contributed by atoms with Crippen molar-refractivity contribution in [2.24, 2.45) is 0 Å². The van der Waals surface area contributed by atoms with Gasteiger partial charge in [0.1, 0.15) is 5.82 Å². The smallest absolute Gasteiger partial charge is 0.243 e. The van der Waals surface area contributed by atoms with Crippen molar-refractivity contribution in [1.82, 2.24) is 4.31 Å². The maximum atomic E-state index is 13.5. The fourth-order valence-corrected chi connectivity index (χ4v) is 4.97. The largest absolute Gasteiger partial charge is 0.493 e. The number of sulfonamides is 1. The van der Waals surface area contributed by atoms with Gasteiger partial charge in [0, 0.05) is 12.6 Å². The third-order valence-electron chi connectivity index (χ3n) is 4.77. The molecule has 1 atom stereocenters. The van der Waals surface area contributed by atoms with Crippen LogP contribution in [-0.4, -0.2) is 33.0 Å². The van der Waals surface area contributed by atoms with E-state index in [1.807, 2.05) is 19.1 Å². The van der Waals surface area contributed by atoms with Gasteiger partial charge in [-0.2, -0.15) is 4.31 Å². The lowest BCUT2D eigenvalue weighted by atomic mass is 9.96. The molecular formula is C19H22FNO4S. The van der Waals surface area contributed by atoms with E-state index in [0.29, 0.717) is 23.5 Å². The molecule has 2 aromatic carbocycles. The molecule has 140 valence electrons. The molecule has 0 saturated carbocycles. The number of fused-ring (bicyclic) bond motifs is 1. The summed E-state index contributed by atoms with van der Waals surface area (Å²) < 4.78 is 51.8. The van der Waals surface area contributed by atoms with Gasteiger partial charge >= 0.3 is 0 Å². The van der Waals surface area contributed by atoms with Crippen LogP contribution in [0, 0.1) is 12.7 Å². The van der Waals surface area contributed by atoms with Gasteiger partial charge in [-0.1, -0.05) is 0 Å². The van der Waals surface area contributed by atoms with Crippen molar-refractivity contribution >= 4 is 10.0 Å². The minimum Gasteiger partial charge on any atom is -0.493 e. The molecule has 0 bridgehead atoms. The van der Waals surface area contributed by atoms with Crippen LogP contribution in [-0.2, 0) is 23.0 Å². The number of methoxy groups -OCH3 is 2. The molecule has 0 spiro atoms. The molecule has 0 fully saturated rings. The van der Waals surface area contributed by atoms with Gasteiger partial charge in [-0.05, 0) is 67.3 Å². The van der Waals surface area contributed by atoms with Crippen molar-refractivity contribution in [2.45, 2.75) is 37.8 Å². The molecule has 1 unspecified atom stereocenters. The number of hydrogen-bond donors (Lipinski definition) is 0. The Labute approximate surface area is 153 Å². The average molecular weight is 379 g/mol. The standard InChI is InChI=1S/C19H22FNO4S/c1-12-7-16(5-6-17(12)20)26(22,23)21-11-15-10-19(25-4)18(24-3)9-14(15)8-13(21)2/h5-7,9-10,13H,8,11H2,1-4H3. The highest BCUT2D eigenvalue weighted by Crippen LogP contribution is 2.36. The van der Waals surface area contributed by atoms with E-state index in [1.165, 1.54) is 22.5 Å². The first-order chi connectivity index (χ1) is 12.3. The van der Waals surface area contributed by atoms with E-state index in [1.54, 1.807) is 21.1 Å². The SMILES string of the molecule is COc1cc2c(cc1OC)CN(S(=O)(=O)c1ccc(F)c(C)c1)C(C)C2. The molecule has 0 N–H and O–H groups in total. The van der Waals surface area contributed by atoms with Gasteiger partial charge in [-0.15, -0.1) is 0 Å². The molecule has 0 aliphatic carbocycles. The topological polar surface area (TPSA) is 55.8 Å². The summed E-state index contributed by atoms with van der Waals surface area (Å²) in [7, 11) is -0.613. The minimum atomic E-state index is -3.73. The van der Waals surface area contributed by atoms with Gasteiger partial charge in [0.2, 0.25) is 10.0 Å². The number of aryl methyl sites for hydroxylation is 1. The highest BCUT2D eigenvalue weighted by Gasteiger charge is 2.34. The Bertz CT molecular complexity index is 943. The monoisotopic (exact) mass is 379 g/mol. The molecule has 1 aliphatic rings. The first kappa shape index (κ1) is 18.7. The molecule has 0 radical (unpaired) electrons. The van der Waals surface area contributed by atoms with Crippen LogP contribution < -0.4 is 9.47 Å². The van der Waals surface area contributed by atoms with E-state index >= 15 is 0 Å². The minimum absolute atomic E-state index is 0.104. The van der Waals surface area contributed by atoms with Crippen molar-refractivity contribution in [3.8, 4) is 11.5 Å².